The van der Waals surface area contributed by atoms with E-state index in [-0.39, 0.29) is 0 Å². The van der Waals surface area contributed by atoms with Gasteiger partial charge in [-0.05, 0) is 138 Å². The molecule has 4 aromatic heterocycles. The van der Waals surface area contributed by atoms with Gasteiger partial charge in [0.2, 0.25) is 0 Å². The third-order valence-corrected chi connectivity index (χ3v) is 12.2. The maximum atomic E-state index is 4.45. The van der Waals surface area contributed by atoms with Gasteiger partial charge in [0.15, 0.2) is 0 Å². The molecule has 12 rings (SSSR count). The lowest BCUT2D eigenvalue weighted by molar-refractivity contribution is 1.17. The van der Waals surface area contributed by atoms with Crippen LogP contribution in [-0.4, -0.2) is 19.1 Å². The molecule has 0 saturated heterocycles. The molecule has 0 aliphatic carbocycles. The van der Waals surface area contributed by atoms with Crippen LogP contribution in [0.4, 0.5) is 17.1 Å². The van der Waals surface area contributed by atoms with Crippen molar-refractivity contribution in [3.63, 3.8) is 0 Å². The number of benzene rings is 8. The predicted molar refractivity (Wildman–Crippen MR) is 262 cm³/mol. The summed E-state index contributed by atoms with van der Waals surface area (Å²) in [6, 6.07) is 76.4. The monoisotopic (exact) mass is 805 g/mol. The van der Waals surface area contributed by atoms with E-state index in [9.17, 15) is 0 Å². The largest absolute Gasteiger partial charge is 0.311 e. The van der Waals surface area contributed by atoms with Gasteiger partial charge in [0, 0.05) is 85.9 Å². The second-order valence-electron chi connectivity index (χ2n) is 15.9. The van der Waals surface area contributed by atoms with E-state index >= 15 is 0 Å². The van der Waals surface area contributed by atoms with Crippen LogP contribution in [0.15, 0.2) is 237 Å². The summed E-state index contributed by atoms with van der Waals surface area (Å²) >= 11 is 0. The Hall–Kier alpha value is -8.54. The first kappa shape index (κ1) is 36.3. The van der Waals surface area contributed by atoms with Crippen LogP contribution in [0.25, 0.3) is 88.4 Å². The molecule has 0 saturated carbocycles. The van der Waals surface area contributed by atoms with Crippen molar-refractivity contribution in [2.24, 2.45) is 0 Å². The Morgan fingerprint density at radius 3 is 1.22 bits per heavy atom. The summed E-state index contributed by atoms with van der Waals surface area (Å²) in [7, 11) is 0. The van der Waals surface area contributed by atoms with Crippen LogP contribution in [0.3, 0.4) is 0 Å². The Balaban J connectivity index is 0.968. The predicted octanol–water partition coefficient (Wildman–Crippen LogP) is 15.1. The summed E-state index contributed by atoms with van der Waals surface area (Å²) in [4.78, 5) is 11.2. The molecule has 63 heavy (non-hydrogen) atoms. The van der Waals surface area contributed by atoms with Crippen molar-refractivity contribution in [3.8, 4) is 44.8 Å². The number of para-hydroxylation sites is 4. The molecular formula is C58H39N5. The van der Waals surface area contributed by atoms with Gasteiger partial charge in [0.05, 0.1) is 22.1 Å². The van der Waals surface area contributed by atoms with E-state index < -0.39 is 0 Å². The molecule has 0 radical (unpaired) electrons. The molecule has 0 spiro atoms. The third-order valence-electron chi connectivity index (χ3n) is 12.2. The van der Waals surface area contributed by atoms with Crippen molar-refractivity contribution in [3.05, 3.63) is 237 Å². The van der Waals surface area contributed by atoms with Gasteiger partial charge in [-0.15, -0.1) is 0 Å². The average Bonchev–Trinajstić information content (AvgIpc) is 3.88. The van der Waals surface area contributed by atoms with Gasteiger partial charge in [-0.1, -0.05) is 97.1 Å². The number of hydrogen-bond acceptors (Lipinski definition) is 3. The molecule has 0 N–H and O–H groups in total. The third kappa shape index (κ3) is 6.34. The quantitative estimate of drug-likeness (QED) is 0.154. The first-order valence-corrected chi connectivity index (χ1v) is 21.3. The molecule has 0 amide bonds. The first-order chi connectivity index (χ1) is 31.2. The zero-order valence-electron chi connectivity index (χ0n) is 34.3. The molecule has 0 aliphatic rings. The molecule has 5 heteroatoms. The fourth-order valence-electron chi connectivity index (χ4n) is 9.35. The SMILES string of the molecule is c1ccc(N(c2ccccc2)c2ccc(-n3c4ccccc4c4cc(-c5ccc6c(c5)c5ccccc5n6-c5cc(-c6cccnc6)cc(-c6cccnc6)c5)ccc43)cc2)cc1. The van der Waals surface area contributed by atoms with Crippen LogP contribution < -0.4 is 4.90 Å². The molecule has 0 bridgehead atoms. The second-order valence-corrected chi connectivity index (χ2v) is 15.9. The zero-order chi connectivity index (χ0) is 41.7. The van der Waals surface area contributed by atoms with E-state index in [0.29, 0.717) is 0 Å². The molecule has 296 valence electrons. The number of anilines is 3. The highest BCUT2D eigenvalue weighted by atomic mass is 15.1. The summed E-state index contributed by atoms with van der Waals surface area (Å²) in [5.74, 6) is 0. The maximum Gasteiger partial charge on any atom is 0.0541 e. The van der Waals surface area contributed by atoms with Gasteiger partial charge in [0.1, 0.15) is 0 Å². The van der Waals surface area contributed by atoms with E-state index in [4.69, 9.17) is 0 Å². The lowest BCUT2D eigenvalue weighted by Crippen LogP contribution is -2.09. The Morgan fingerprint density at radius 2 is 0.730 bits per heavy atom. The number of nitrogens with zero attached hydrogens (tertiary/aromatic N) is 5. The van der Waals surface area contributed by atoms with Crippen LogP contribution in [0.1, 0.15) is 0 Å². The van der Waals surface area contributed by atoms with Crippen LogP contribution in [0.2, 0.25) is 0 Å². The molecule has 4 heterocycles. The van der Waals surface area contributed by atoms with E-state index in [1.807, 2.05) is 36.9 Å². The van der Waals surface area contributed by atoms with Crippen LogP contribution in [0.5, 0.6) is 0 Å². The molecular weight excluding hydrogens is 767 g/mol. The zero-order valence-corrected chi connectivity index (χ0v) is 34.3. The summed E-state index contributed by atoms with van der Waals surface area (Å²) in [6.45, 7) is 0. The summed E-state index contributed by atoms with van der Waals surface area (Å²) in [5, 5.41) is 4.87. The highest BCUT2D eigenvalue weighted by molar-refractivity contribution is 6.13. The van der Waals surface area contributed by atoms with E-state index in [0.717, 1.165) is 61.7 Å². The second kappa shape index (κ2) is 15.2. The number of rotatable bonds is 8. The van der Waals surface area contributed by atoms with Gasteiger partial charge < -0.3 is 14.0 Å². The van der Waals surface area contributed by atoms with Crippen molar-refractivity contribution in [2.75, 3.05) is 4.90 Å². The molecule has 8 aromatic carbocycles. The topological polar surface area (TPSA) is 38.9 Å². The molecule has 12 aromatic rings. The highest BCUT2D eigenvalue weighted by Gasteiger charge is 2.18. The normalized spacial score (nSPS) is 11.5. The summed E-state index contributed by atoms with van der Waals surface area (Å²) in [6.07, 6.45) is 7.50. The average molecular weight is 806 g/mol. The Kier molecular flexibility index (Phi) is 8.75. The molecule has 0 atom stereocenters. The fraction of sp³-hybridized carbons (Fsp3) is 0. The minimum absolute atomic E-state index is 1.07. The van der Waals surface area contributed by atoms with Gasteiger partial charge in [-0.2, -0.15) is 0 Å². The van der Waals surface area contributed by atoms with Gasteiger partial charge in [-0.25, -0.2) is 0 Å². The number of pyridine rings is 2. The number of fused-ring (bicyclic) bond motifs is 6. The van der Waals surface area contributed by atoms with Gasteiger partial charge >= 0.3 is 0 Å². The Labute approximate surface area is 365 Å². The molecule has 0 fully saturated rings. The van der Waals surface area contributed by atoms with E-state index in [2.05, 4.69) is 224 Å². The number of aromatic nitrogens is 4. The lowest BCUT2D eigenvalue weighted by Gasteiger charge is -2.25. The van der Waals surface area contributed by atoms with Crippen LogP contribution >= 0.6 is 0 Å². The van der Waals surface area contributed by atoms with Crippen LogP contribution in [-0.2, 0) is 0 Å². The van der Waals surface area contributed by atoms with Crippen LogP contribution in [0, 0.1) is 0 Å². The fourth-order valence-corrected chi connectivity index (χ4v) is 9.35. The van der Waals surface area contributed by atoms with E-state index in [1.165, 1.54) is 43.7 Å². The van der Waals surface area contributed by atoms with Crippen molar-refractivity contribution in [1.29, 1.82) is 0 Å². The smallest absolute Gasteiger partial charge is 0.0541 e. The molecule has 0 unspecified atom stereocenters. The molecule has 0 aliphatic heterocycles. The van der Waals surface area contributed by atoms with Gasteiger partial charge in [-0.3, -0.25) is 9.97 Å². The van der Waals surface area contributed by atoms with Crippen molar-refractivity contribution < 1.29 is 0 Å². The van der Waals surface area contributed by atoms with Crippen molar-refractivity contribution >= 4 is 60.7 Å². The number of hydrogen-bond donors (Lipinski definition) is 0. The summed E-state index contributed by atoms with van der Waals surface area (Å²) in [5.41, 5.74) is 16.9. The minimum atomic E-state index is 1.07. The first-order valence-electron chi connectivity index (χ1n) is 21.3. The minimum Gasteiger partial charge on any atom is -0.311 e. The Morgan fingerprint density at radius 1 is 0.286 bits per heavy atom. The van der Waals surface area contributed by atoms with Crippen molar-refractivity contribution in [1.82, 2.24) is 19.1 Å². The maximum absolute atomic E-state index is 4.45. The van der Waals surface area contributed by atoms with Crippen molar-refractivity contribution in [2.45, 2.75) is 0 Å². The van der Waals surface area contributed by atoms with E-state index in [1.54, 1.807) is 0 Å². The summed E-state index contributed by atoms with van der Waals surface area (Å²) < 4.78 is 4.79. The standard InChI is InChI=1S/C58H39N5/c1-3-15-46(16-4-1)61(47-17-5-2-6-18-47)48-25-27-49(28-26-48)62-55-21-9-7-19-51(55)53-36-40(23-29-57(53)62)41-24-30-58-54(37-41)52-20-8-10-22-56(52)63(58)50-34-44(42-13-11-31-59-38-42)33-45(35-50)43-14-12-32-60-39-43/h1-39H. The molecule has 5 nitrogen and oxygen atoms in total. The lowest BCUT2D eigenvalue weighted by atomic mass is 9.99. The van der Waals surface area contributed by atoms with Gasteiger partial charge in [0.25, 0.3) is 0 Å². The Bertz CT molecular complexity index is 3500. The highest BCUT2D eigenvalue weighted by Crippen LogP contribution is 2.41.